The maximum Gasteiger partial charge on any atom is 0.407 e. The largest absolute Gasteiger partial charge is 0.465 e. The zero-order valence-corrected chi connectivity index (χ0v) is 10.3. The van der Waals surface area contributed by atoms with Gasteiger partial charge in [0.05, 0.1) is 12.8 Å². The van der Waals surface area contributed by atoms with Crippen molar-refractivity contribution >= 4 is 23.3 Å². The van der Waals surface area contributed by atoms with Gasteiger partial charge in [0, 0.05) is 13.1 Å². The molecule has 2 heterocycles. The summed E-state index contributed by atoms with van der Waals surface area (Å²) in [5, 5.41) is 15.4. The number of nitrogens with zero attached hydrogens (tertiary/aromatic N) is 2. The summed E-state index contributed by atoms with van der Waals surface area (Å²) in [5.41, 5.74) is 7.47. The average Bonchev–Trinajstić information content (AvgIpc) is 2.80. The molecule has 0 radical (unpaired) electrons. The van der Waals surface area contributed by atoms with Gasteiger partial charge >= 0.3 is 12.1 Å². The van der Waals surface area contributed by atoms with Crippen molar-refractivity contribution < 1.29 is 19.4 Å². The van der Waals surface area contributed by atoms with E-state index in [1.54, 1.807) is 6.08 Å². The lowest BCUT2D eigenvalue weighted by atomic mass is 10.0. The molecule has 0 aliphatic carbocycles. The molecule has 19 heavy (non-hydrogen) atoms. The number of aromatic amines is 1. The maximum atomic E-state index is 11.4. The SMILES string of the molecule is COC(=O)c1[nH]nc(C2=CCN(C(=O)O)CC2)c1N. The Kier molecular flexibility index (Phi) is 3.41. The van der Waals surface area contributed by atoms with E-state index in [2.05, 4.69) is 14.9 Å². The molecule has 0 bridgehead atoms. The molecule has 8 nitrogen and oxygen atoms in total. The van der Waals surface area contributed by atoms with E-state index in [4.69, 9.17) is 10.8 Å². The third-order valence-corrected chi connectivity index (χ3v) is 2.98. The number of ether oxygens (including phenoxy) is 1. The van der Waals surface area contributed by atoms with Crippen LogP contribution in [0.1, 0.15) is 22.6 Å². The number of hydrogen-bond donors (Lipinski definition) is 3. The van der Waals surface area contributed by atoms with E-state index in [1.807, 2.05) is 0 Å². The molecule has 0 atom stereocenters. The van der Waals surface area contributed by atoms with Gasteiger partial charge in [-0.2, -0.15) is 5.10 Å². The number of esters is 1. The number of aromatic nitrogens is 2. The molecule has 8 heteroatoms. The van der Waals surface area contributed by atoms with E-state index >= 15 is 0 Å². The van der Waals surface area contributed by atoms with Crippen LogP contribution < -0.4 is 5.73 Å². The van der Waals surface area contributed by atoms with E-state index in [0.717, 1.165) is 5.57 Å². The highest BCUT2D eigenvalue weighted by Crippen LogP contribution is 2.27. The zero-order chi connectivity index (χ0) is 14.0. The molecule has 102 valence electrons. The highest BCUT2D eigenvalue weighted by Gasteiger charge is 2.23. The molecule has 1 aliphatic rings. The second-order valence-corrected chi connectivity index (χ2v) is 4.06. The summed E-state index contributed by atoms with van der Waals surface area (Å²) >= 11 is 0. The van der Waals surface area contributed by atoms with Crippen LogP contribution >= 0.6 is 0 Å². The maximum absolute atomic E-state index is 11.4. The smallest absolute Gasteiger partial charge is 0.407 e. The molecule has 0 spiro atoms. The van der Waals surface area contributed by atoms with Gasteiger partial charge in [-0.3, -0.25) is 5.10 Å². The second kappa shape index (κ2) is 5.01. The fraction of sp³-hybridized carbons (Fsp3) is 0.364. The molecule has 0 saturated heterocycles. The number of carbonyl (C=O) groups is 2. The Labute approximate surface area is 108 Å². The molecule has 4 N–H and O–H groups in total. The van der Waals surface area contributed by atoms with Gasteiger partial charge in [0.1, 0.15) is 5.69 Å². The van der Waals surface area contributed by atoms with Crippen molar-refractivity contribution in [2.24, 2.45) is 0 Å². The number of nitrogens with one attached hydrogen (secondary N) is 1. The number of H-pyrrole nitrogens is 1. The molecule has 0 fully saturated rings. The Hall–Kier alpha value is -2.51. The first-order valence-electron chi connectivity index (χ1n) is 5.64. The first-order valence-corrected chi connectivity index (χ1v) is 5.64. The minimum atomic E-state index is -0.958. The third kappa shape index (κ3) is 2.37. The van der Waals surface area contributed by atoms with Gasteiger partial charge in [-0.1, -0.05) is 6.08 Å². The van der Waals surface area contributed by atoms with Crippen LogP contribution in [0.5, 0.6) is 0 Å². The summed E-state index contributed by atoms with van der Waals surface area (Å²) in [6.07, 6.45) is 1.29. The van der Waals surface area contributed by atoms with Crippen molar-refractivity contribution in [2.75, 3.05) is 25.9 Å². The van der Waals surface area contributed by atoms with E-state index in [1.165, 1.54) is 12.0 Å². The monoisotopic (exact) mass is 266 g/mol. The predicted molar refractivity (Wildman–Crippen MR) is 66.5 cm³/mol. The van der Waals surface area contributed by atoms with Gasteiger partial charge in [-0.15, -0.1) is 0 Å². The van der Waals surface area contributed by atoms with E-state index in [-0.39, 0.29) is 17.9 Å². The van der Waals surface area contributed by atoms with Gasteiger partial charge in [0.15, 0.2) is 5.69 Å². The van der Waals surface area contributed by atoms with Crippen LogP contribution in [0.15, 0.2) is 6.08 Å². The molecule has 2 rings (SSSR count). The van der Waals surface area contributed by atoms with Crippen LogP contribution in [-0.2, 0) is 4.74 Å². The Morgan fingerprint density at radius 3 is 2.84 bits per heavy atom. The van der Waals surface area contributed by atoms with Crippen molar-refractivity contribution in [3.05, 3.63) is 17.5 Å². The van der Waals surface area contributed by atoms with E-state index in [0.29, 0.717) is 18.7 Å². The average molecular weight is 266 g/mol. The van der Waals surface area contributed by atoms with Crippen molar-refractivity contribution in [1.29, 1.82) is 0 Å². The predicted octanol–water partition coefficient (Wildman–Crippen LogP) is 0.546. The molecular formula is C11H14N4O4. The second-order valence-electron chi connectivity index (χ2n) is 4.06. The van der Waals surface area contributed by atoms with Crippen LogP contribution in [0.2, 0.25) is 0 Å². The van der Waals surface area contributed by atoms with Gasteiger partial charge in [-0.05, 0) is 12.0 Å². The lowest BCUT2D eigenvalue weighted by Gasteiger charge is -2.23. The number of hydrogen-bond acceptors (Lipinski definition) is 5. The zero-order valence-electron chi connectivity index (χ0n) is 10.3. The molecule has 1 amide bonds. The highest BCUT2D eigenvalue weighted by molar-refractivity contribution is 5.95. The summed E-state index contributed by atoms with van der Waals surface area (Å²) in [6.45, 7) is 0.658. The number of nitrogens with two attached hydrogens (primary N) is 1. The Balaban J connectivity index is 2.22. The number of carboxylic acid groups (broad SMARTS) is 1. The van der Waals surface area contributed by atoms with E-state index in [9.17, 15) is 9.59 Å². The molecule has 1 aromatic heterocycles. The van der Waals surface area contributed by atoms with Crippen molar-refractivity contribution in [3.63, 3.8) is 0 Å². The number of carbonyl (C=O) groups excluding carboxylic acids is 1. The molecule has 0 unspecified atom stereocenters. The fourth-order valence-corrected chi connectivity index (χ4v) is 1.91. The van der Waals surface area contributed by atoms with Crippen molar-refractivity contribution in [1.82, 2.24) is 15.1 Å². The van der Waals surface area contributed by atoms with Crippen LogP contribution in [0.4, 0.5) is 10.5 Å². The fourth-order valence-electron chi connectivity index (χ4n) is 1.91. The van der Waals surface area contributed by atoms with Gasteiger partial charge < -0.3 is 20.5 Å². The Morgan fingerprint density at radius 1 is 1.58 bits per heavy atom. The Morgan fingerprint density at radius 2 is 2.32 bits per heavy atom. The highest BCUT2D eigenvalue weighted by atomic mass is 16.5. The van der Waals surface area contributed by atoms with E-state index < -0.39 is 12.1 Å². The summed E-state index contributed by atoms with van der Waals surface area (Å²) in [4.78, 5) is 23.5. The van der Waals surface area contributed by atoms with Crippen LogP contribution in [-0.4, -0.2) is 52.5 Å². The summed E-state index contributed by atoms with van der Waals surface area (Å²) in [6, 6.07) is 0. The topological polar surface area (TPSA) is 122 Å². The summed E-state index contributed by atoms with van der Waals surface area (Å²) in [7, 11) is 1.26. The van der Waals surface area contributed by atoms with Crippen LogP contribution in [0, 0.1) is 0 Å². The summed E-state index contributed by atoms with van der Waals surface area (Å²) < 4.78 is 4.57. The number of amides is 1. The number of nitrogen functional groups attached to an aromatic ring is 1. The lowest BCUT2D eigenvalue weighted by molar-refractivity contribution is 0.0595. The first kappa shape index (κ1) is 12.9. The number of methoxy groups -OCH3 is 1. The Bertz CT molecular complexity index is 549. The van der Waals surface area contributed by atoms with Gasteiger partial charge in [0.25, 0.3) is 0 Å². The third-order valence-electron chi connectivity index (χ3n) is 2.98. The normalized spacial score (nSPS) is 15.0. The molecule has 0 saturated carbocycles. The quantitative estimate of drug-likeness (QED) is 0.672. The minimum Gasteiger partial charge on any atom is -0.465 e. The number of anilines is 1. The molecule has 1 aromatic rings. The lowest BCUT2D eigenvalue weighted by Crippen LogP contribution is -2.33. The first-order chi connectivity index (χ1) is 9.04. The molecule has 0 aromatic carbocycles. The molecule has 1 aliphatic heterocycles. The van der Waals surface area contributed by atoms with Crippen LogP contribution in [0.3, 0.4) is 0 Å². The molecular weight excluding hydrogens is 252 g/mol. The summed E-state index contributed by atoms with van der Waals surface area (Å²) in [5.74, 6) is -0.583. The standard InChI is InChI=1S/C11H14N4O4/c1-19-10(16)9-7(12)8(13-14-9)6-2-4-15(5-3-6)11(17)18/h2H,3-5,12H2,1H3,(H,13,14)(H,17,18). The van der Waals surface area contributed by atoms with Crippen molar-refractivity contribution in [2.45, 2.75) is 6.42 Å². The van der Waals surface area contributed by atoms with Crippen molar-refractivity contribution in [3.8, 4) is 0 Å². The van der Waals surface area contributed by atoms with Gasteiger partial charge in [0.2, 0.25) is 0 Å². The van der Waals surface area contributed by atoms with Gasteiger partial charge in [-0.25, -0.2) is 9.59 Å². The van der Waals surface area contributed by atoms with Crippen LogP contribution in [0.25, 0.3) is 5.57 Å². The number of rotatable bonds is 2. The minimum absolute atomic E-state index is 0.110.